The standard InChI is InChI=1S/C11H12O4/c12-11(13)9-3-1-2-4-10(9)15-8-5-6-14-7-8/h1-4,8H,5-7H2,(H,12,13)/t8-/m1/s1. The highest BCUT2D eigenvalue weighted by Gasteiger charge is 2.19. The second kappa shape index (κ2) is 4.31. The van der Waals surface area contributed by atoms with Gasteiger partial charge in [-0.2, -0.15) is 0 Å². The molecule has 0 radical (unpaired) electrons. The topological polar surface area (TPSA) is 55.8 Å². The summed E-state index contributed by atoms with van der Waals surface area (Å²) in [5, 5.41) is 8.93. The van der Waals surface area contributed by atoms with Crippen LogP contribution in [-0.4, -0.2) is 30.4 Å². The van der Waals surface area contributed by atoms with E-state index in [1.165, 1.54) is 6.07 Å². The molecule has 0 spiro atoms. The Morgan fingerprint density at radius 2 is 2.27 bits per heavy atom. The number of aromatic carboxylic acids is 1. The molecule has 0 bridgehead atoms. The van der Waals surface area contributed by atoms with Crippen LogP contribution in [0.3, 0.4) is 0 Å². The number of hydrogen-bond donors (Lipinski definition) is 1. The van der Waals surface area contributed by atoms with E-state index in [-0.39, 0.29) is 11.7 Å². The number of rotatable bonds is 3. The molecule has 0 amide bonds. The van der Waals surface area contributed by atoms with Gasteiger partial charge in [-0.3, -0.25) is 0 Å². The number of carbonyl (C=O) groups is 1. The van der Waals surface area contributed by atoms with Crippen LogP contribution in [0.15, 0.2) is 24.3 Å². The predicted octanol–water partition coefficient (Wildman–Crippen LogP) is 1.55. The van der Waals surface area contributed by atoms with Crippen LogP contribution >= 0.6 is 0 Å². The van der Waals surface area contributed by atoms with Crippen molar-refractivity contribution in [2.24, 2.45) is 0 Å². The Kier molecular flexibility index (Phi) is 2.87. The van der Waals surface area contributed by atoms with Gasteiger partial charge in [-0.25, -0.2) is 4.79 Å². The van der Waals surface area contributed by atoms with E-state index in [9.17, 15) is 4.79 Å². The summed E-state index contributed by atoms with van der Waals surface area (Å²) in [6.45, 7) is 1.22. The summed E-state index contributed by atoms with van der Waals surface area (Å²) in [5.41, 5.74) is 0.199. The van der Waals surface area contributed by atoms with Gasteiger partial charge in [0.05, 0.1) is 13.2 Å². The minimum atomic E-state index is -0.968. The summed E-state index contributed by atoms with van der Waals surface area (Å²) in [6, 6.07) is 6.65. The van der Waals surface area contributed by atoms with E-state index in [1.54, 1.807) is 18.2 Å². The molecular formula is C11H12O4. The van der Waals surface area contributed by atoms with Gasteiger partial charge in [0.1, 0.15) is 17.4 Å². The van der Waals surface area contributed by atoms with Crippen molar-refractivity contribution < 1.29 is 19.4 Å². The molecule has 1 aromatic carbocycles. The fourth-order valence-electron chi connectivity index (χ4n) is 1.53. The molecule has 80 valence electrons. The zero-order valence-corrected chi connectivity index (χ0v) is 8.18. The molecule has 1 atom stereocenters. The van der Waals surface area contributed by atoms with E-state index in [4.69, 9.17) is 14.6 Å². The smallest absolute Gasteiger partial charge is 0.339 e. The van der Waals surface area contributed by atoms with Gasteiger partial charge in [0.15, 0.2) is 0 Å². The molecule has 1 saturated heterocycles. The molecule has 2 rings (SSSR count). The molecule has 4 nitrogen and oxygen atoms in total. The van der Waals surface area contributed by atoms with Gasteiger partial charge in [-0.05, 0) is 12.1 Å². The highest BCUT2D eigenvalue weighted by molar-refractivity contribution is 5.90. The van der Waals surface area contributed by atoms with Crippen LogP contribution in [0, 0.1) is 0 Å². The van der Waals surface area contributed by atoms with Crippen molar-refractivity contribution in [3.05, 3.63) is 29.8 Å². The van der Waals surface area contributed by atoms with Crippen LogP contribution in [0.4, 0.5) is 0 Å². The molecule has 1 aliphatic heterocycles. The van der Waals surface area contributed by atoms with Crippen molar-refractivity contribution in [2.45, 2.75) is 12.5 Å². The minimum absolute atomic E-state index is 0.0227. The lowest BCUT2D eigenvalue weighted by Gasteiger charge is -2.13. The van der Waals surface area contributed by atoms with Crippen LogP contribution in [0.25, 0.3) is 0 Å². The maximum atomic E-state index is 10.9. The zero-order chi connectivity index (χ0) is 10.7. The van der Waals surface area contributed by atoms with E-state index in [0.717, 1.165) is 6.42 Å². The van der Waals surface area contributed by atoms with E-state index in [1.807, 2.05) is 0 Å². The average molecular weight is 208 g/mol. The first-order valence-electron chi connectivity index (χ1n) is 4.84. The molecule has 1 heterocycles. The van der Waals surface area contributed by atoms with Gasteiger partial charge < -0.3 is 14.6 Å². The lowest BCUT2D eigenvalue weighted by molar-refractivity contribution is 0.0687. The molecule has 1 N–H and O–H groups in total. The Labute approximate surface area is 87.4 Å². The molecule has 1 aliphatic rings. The zero-order valence-electron chi connectivity index (χ0n) is 8.18. The van der Waals surface area contributed by atoms with Crippen molar-refractivity contribution >= 4 is 5.97 Å². The Balaban J connectivity index is 2.15. The number of ether oxygens (including phenoxy) is 2. The highest BCUT2D eigenvalue weighted by Crippen LogP contribution is 2.21. The quantitative estimate of drug-likeness (QED) is 0.818. The van der Waals surface area contributed by atoms with Crippen molar-refractivity contribution in [2.75, 3.05) is 13.2 Å². The lowest BCUT2D eigenvalue weighted by Crippen LogP contribution is -2.17. The Morgan fingerprint density at radius 1 is 1.47 bits per heavy atom. The van der Waals surface area contributed by atoms with Gasteiger partial charge in [-0.15, -0.1) is 0 Å². The number of carboxylic acids is 1. The van der Waals surface area contributed by atoms with E-state index in [0.29, 0.717) is 19.0 Å². The van der Waals surface area contributed by atoms with E-state index in [2.05, 4.69) is 0 Å². The second-order valence-corrected chi connectivity index (χ2v) is 3.40. The van der Waals surface area contributed by atoms with Crippen molar-refractivity contribution in [1.82, 2.24) is 0 Å². The maximum Gasteiger partial charge on any atom is 0.339 e. The van der Waals surface area contributed by atoms with Gasteiger partial charge >= 0.3 is 5.97 Å². The SMILES string of the molecule is O=C(O)c1ccccc1O[C@@H]1CCOC1. The first-order valence-corrected chi connectivity index (χ1v) is 4.84. The summed E-state index contributed by atoms with van der Waals surface area (Å²) in [5.74, 6) is -0.551. The molecule has 0 aliphatic carbocycles. The normalized spacial score (nSPS) is 20.1. The summed E-state index contributed by atoms with van der Waals surface area (Å²) in [6.07, 6.45) is 0.791. The molecule has 0 unspecified atom stereocenters. The van der Waals surface area contributed by atoms with Crippen LogP contribution in [0.1, 0.15) is 16.8 Å². The first-order chi connectivity index (χ1) is 7.27. The predicted molar refractivity (Wildman–Crippen MR) is 53.3 cm³/mol. The van der Waals surface area contributed by atoms with Gasteiger partial charge in [0.25, 0.3) is 0 Å². The number of benzene rings is 1. The molecular weight excluding hydrogens is 196 g/mol. The maximum absolute atomic E-state index is 10.9. The molecule has 15 heavy (non-hydrogen) atoms. The summed E-state index contributed by atoms with van der Waals surface area (Å²) < 4.78 is 10.7. The third-order valence-corrected chi connectivity index (χ3v) is 2.30. The molecule has 0 saturated carbocycles. The average Bonchev–Trinajstić information content (AvgIpc) is 2.71. The van der Waals surface area contributed by atoms with E-state index >= 15 is 0 Å². The van der Waals surface area contributed by atoms with Crippen LogP contribution in [-0.2, 0) is 4.74 Å². The summed E-state index contributed by atoms with van der Waals surface area (Å²) in [4.78, 5) is 10.9. The molecule has 0 aromatic heterocycles. The molecule has 4 heteroatoms. The third kappa shape index (κ3) is 2.27. The number of hydrogen-bond acceptors (Lipinski definition) is 3. The summed E-state index contributed by atoms with van der Waals surface area (Å²) >= 11 is 0. The van der Waals surface area contributed by atoms with Crippen molar-refractivity contribution in [3.8, 4) is 5.75 Å². The highest BCUT2D eigenvalue weighted by atomic mass is 16.5. The van der Waals surface area contributed by atoms with Gasteiger partial charge in [-0.1, -0.05) is 12.1 Å². The Hall–Kier alpha value is -1.55. The minimum Gasteiger partial charge on any atom is -0.487 e. The van der Waals surface area contributed by atoms with Crippen LogP contribution in [0.2, 0.25) is 0 Å². The molecule has 1 fully saturated rings. The van der Waals surface area contributed by atoms with Crippen molar-refractivity contribution in [3.63, 3.8) is 0 Å². The third-order valence-electron chi connectivity index (χ3n) is 2.30. The Bertz CT molecular complexity index is 355. The second-order valence-electron chi connectivity index (χ2n) is 3.40. The van der Waals surface area contributed by atoms with Crippen molar-refractivity contribution in [1.29, 1.82) is 0 Å². The number of carboxylic acid groups (broad SMARTS) is 1. The van der Waals surface area contributed by atoms with Crippen LogP contribution < -0.4 is 4.74 Å². The first kappa shape index (κ1) is 9.98. The number of para-hydroxylation sites is 1. The van der Waals surface area contributed by atoms with Crippen LogP contribution in [0.5, 0.6) is 5.75 Å². The van der Waals surface area contributed by atoms with Gasteiger partial charge in [0.2, 0.25) is 0 Å². The van der Waals surface area contributed by atoms with Gasteiger partial charge in [0, 0.05) is 6.42 Å². The monoisotopic (exact) mass is 208 g/mol. The summed E-state index contributed by atoms with van der Waals surface area (Å²) in [7, 11) is 0. The fourth-order valence-corrected chi connectivity index (χ4v) is 1.53. The molecule has 1 aromatic rings. The fraction of sp³-hybridized carbons (Fsp3) is 0.364. The van der Waals surface area contributed by atoms with E-state index < -0.39 is 5.97 Å². The lowest BCUT2D eigenvalue weighted by atomic mass is 10.2. The largest absolute Gasteiger partial charge is 0.487 e. The Morgan fingerprint density at radius 3 is 2.93 bits per heavy atom.